The molecule has 0 bridgehead atoms. The van der Waals surface area contributed by atoms with Gasteiger partial charge in [-0.25, -0.2) is 13.4 Å². The summed E-state index contributed by atoms with van der Waals surface area (Å²) in [5.74, 6) is -0.284. The first-order valence-corrected chi connectivity index (χ1v) is 11.3. The normalized spacial score (nSPS) is 13.9. The van der Waals surface area contributed by atoms with E-state index in [4.69, 9.17) is 16.3 Å². The van der Waals surface area contributed by atoms with E-state index in [1.807, 2.05) is 18.2 Å². The molecule has 29 heavy (non-hydrogen) atoms. The zero-order chi connectivity index (χ0) is 20.8. The predicted molar refractivity (Wildman–Crippen MR) is 106 cm³/mol. The number of alkyl halides is 3. The lowest BCUT2D eigenvalue weighted by atomic mass is 10.1. The van der Waals surface area contributed by atoms with Crippen molar-refractivity contribution in [1.29, 1.82) is 0 Å². The van der Waals surface area contributed by atoms with E-state index in [0.29, 0.717) is 17.9 Å². The third-order valence-electron chi connectivity index (χ3n) is 4.46. The number of halogens is 4. The molecule has 0 N–H and O–H groups in total. The van der Waals surface area contributed by atoms with E-state index in [9.17, 15) is 21.6 Å². The third-order valence-corrected chi connectivity index (χ3v) is 7.08. The van der Waals surface area contributed by atoms with E-state index < -0.39 is 21.1 Å². The lowest BCUT2D eigenvalue weighted by molar-refractivity contribution is -0.0437. The molecule has 0 saturated heterocycles. The maximum Gasteiger partial charge on any atom is 0.497 e. The lowest BCUT2D eigenvalue weighted by Gasteiger charge is -2.09. The van der Waals surface area contributed by atoms with Crippen LogP contribution in [0.2, 0.25) is 5.02 Å². The van der Waals surface area contributed by atoms with Crippen molar-refractivity contribution in [2.75, 3.05) is 6.61 Å². The van der Waals surface area contributed by atoms with Crippen molar-refractivity contribution in [3.63, 3.8) is 0 Å². The lowest BCUT2D eigenvalue weighted by Crippen LogP contribution is -2.24. The van der Waals surface area contributed by atoms with Gasteiger partial charge in [0.1, 0.15) is 10.8 Å². The number of aromatic nitrogens is 1. The Morgan fingerprint density at radius 3 is 2.69 bits per heavy atom. The zero-order valence-corrected chi connectivity index (χ0v) is 17.1. The van der Waals surface area contributed by atoms with Crippen LogP contribution in [0.1, 0.15) is 11.1 Å². The molecule has 0 spiro atoms. The number of thiazole rings is 1. The summed E-state index contributed by atoms with van der Waals surface area (Å²) in [4.78, 5) is 4.58. The second-order valence-electron chi connectivity index (χ2n) is 6.48. The van der Waals surface area contributed by atoms with E-state index in [-0.39, 0.29) is 10.6 Å². The minimum atomic E-state index is -5.30. The summed E-state index contributed by atoms with van der Waals surface area (Å²) >= 11 is 7.63. The molecule has 0 atom stereocenters. The van der Waals surface area contributed by atoms with Gasteiger partial charge in [-0.1, -0.05) is 23.7 Å². The first-order valence-electron chi connectivity index (χ1n) is 8.43. The summed E-state index contributed by atoms with van der Waals surface area (Å²) in [6.45, 7) is 0.661. The van der Waals surface area contributed by atoms with Crippen molar-refractivity contribution in [2.45, 2.75) is 17.7 Å². The smallest absolute Gasteiger partial charge is 0.493 e. The largest absolute Gasteiger partial charge is 0.497 e. The monoisotopic (exact) mass is 459 g/mol. The topological polar surface area (TPSA) is 56.3 Å². The van der Waals surface area contributed by atoms with Crippen molar-refractivity contribution in [1.82, 2.24) is 4.98 Å². The van der Waals surface area contributed by atoms with Crippen molar-refractivity contribution < 1.29 is 26.3 Å². The molecule has 1 aliphatic heterocycles. The second-order valence-corrected chi connectivity index (χ2v) is 9.72. The highest BCUT2D eigenvalue weighted by atomic mass is 35.5. The van der Waals surface area contributed by atoms with Crippen LogP contribution < -0.4 is 4.74 Å². The van der Waals surface area contributed by atoms with E-state index in [1.54, 1.807) is 5.38 Å². The average molecular weight is 460 g/mol. The molecule has 4 nitrogen and oxygen atoms in total. The van der Waals surface area contributed by atoms with Gasteiger partial charge in [0, 0.05) is 22.9 Å². The van der Waals surface area contributed by atoms with Gasteiger partial charge in [-0.3, -0.25) is 0 Å². The molecule has 0 fully saturated rings. The Kier molecular flexibility index (Phi) is 5.08. The first-order chi connectivity index (χ1) is 13.6. The zero-order valence-electron chi connectivity index (χ0n) is 14.7. The third kappa shape index (κ3) is 3.99. The average Bonchev–Trinajstić information content (AvgIpc) is 3.29. The highest BCUT2D eigenvalue weighted by molar-refractivity contribution is 7.91. The van der Waals surface area contributed by atoms with Crippen LogP contribution in [0.25, 0.3) is 21.8 Å². The van der Waals surface area contributed by atoms with Crippen LogP contribution in [0.3, 0.4) is 0 Å². The summed E-state index contributed by atoms with van der Waals surface area (Å²) in [7, 11) is -5.26. The van der Waals surface area contributed by atoms with Crippen LogP contribution in [0.15, 0.2) is 41.8 Å². The molecule has 0 radical (unpaired) electrons. The fraction of sp³-hybridized carbons (Fsp3) is 0.211. The molecule has 10 heteroatoms. The number of sulfone groups is 1. The Labute approximate surface area is 173 Å². The second kappa shape index (κ2) is 7.30. The molecule has 0 saturated carbocycles. The fourth-order valence-corrected chi connectivity index (χ4v) is 4.91. The highest BCUT2D eigenvalue weighted by Crippen LogP contribution is 2.36. The number of hydrogen-bond acceptors (Lipinski definition) is 5. The summed E-state index contributed by atoms with van der Waals surface area (Å²) in [6.07, 6.45) is 0.843. The van der Waals surface area contributed by atoms with Gasteiger partial charge < -0.3 is 4.74 Å². The van der Waals surface area contributed by atoms with Gasteiger partial charge in [-0.05, 0) is 35.4 Å². The molecular weight excluding hydrogens is 447 g/mol. The predicted octanol–water partition coefficient (Wildman–Crippen LogP) is 5.50. The Bertz CT molecular complexity index is 1190. The molecule has 0 aliphatic carbocycles. The van der Waals surface area contributed by atoms with Crippen LogP contribution in [0.5, 0.6) is 5.75 Å². The first kappa shape index (κ1) is 20.2. The molecule has 2 heterocycles. The van der Waals surface area contributed by atoms with Crippen LogP contribution in [0, 0.1) is 0 Å². The van der Waals surface area contributed by atoms with Crippen molar-refractivity contribution in [2.24, 2.45) is 0 Å². The van der Waals surface area contributed by atoms with Crippen LogP contribution in [-0.4, -0.2) is 25.5 Å². The van der Waals surface area contributed by atoms with E-state index >= 15 is 0 Å². The Hall–Kier alpha value is -2.10. The Morgan fingerprint density at radius 2 is 1.97 bits per heavy atom. The van der Waals surface area contributed by atoms with Crippen LogP contribution in [0.4, 0.5) is 13.2 Å². The molecule has 0 unspecified atom stereocenters. The van der Waals surface area contributed by atoms with E-state index in [1.165, 1.54) is 29.5 Å². The van der Waals surface area contributed by atoms with Gasteiger partial charge in [0.2, 0.25) is 0 Å². The van der Waals surface area contributed by atoms with Gasteiger partial charge in [0.15, 0.2) is 0 Å². The number of ether oxygens (including phenoxy) is 1. The molecule has 0 amide bonds. The number of hydrogen-bond donors (Lipinski definition) is 0. The van der Waals surface area contributed by atoms with Crippen molar-refractivity contribution in [3.8, 4) is 27.6 Å². The minimum Gasteiger partial charge on any atom is -0.493 e. The molecule has 1 aromatic heterocycles. The molecule has 152 valence electrons. The summed E-state index contributed by atoms with van der Waals surface area (Å²) < 4.78 is 65.9. The number of benzene rings is 2. The van der Waals surface area contributed by atoms with Crippen LogP contribution in [-0.2, 0) is 22.0 Å². The van der Waals surface area contributed by atoms with Crippen molar-refractivity contribution >= 4 is 32.8 Å². The maximum atomic E-state index is 12.6. The summed E-state index contributed by atoms with van der Waals surface area (Å²) in [6, 6.07) is 9.87. The van der Waals surface area contributed by atoms with Gasteiger partial charge >= 0.3 is 5.51 Å². The molecule has 4 rings (SSSR count). The standard InChI is InChI=1S/C19H13ClF3NO3S2/c20-15-7-11(10-29(25,26)19(21,22)23)1-3-14(15)16-9-28-18(24-16)13-2-4-17-12(8-13)5-6-27-17/h1-4,7-9H,5-6,10H2. The fourth-order valence-electron chi connectivity index (χ4n) is 3.01. The number of rotatable bonds is 4. The van der Waals surface area contributed by atoms with E-state index in [0.717, 1.165) is 28.3 Å². The Balaban J connectivity index is 1.60. The SMILES string of the molecule is O=S(=O)(Cc1ccc(-c2csc(-c3ccc4c(c3)CCO4)n2)c(Cl)c1)C(F)(F)F. The number of nitrogens with zero attached hydrogens (tertiary/aromatic N) is 1. The van der Waals surface area contributed by atoms with Gasteiger partial charge in [-0.2, -0.15) is 13.2 Å². The summed E-state index contributed by atoms with van der Waals surface area (Å²) in [5, 5.41) is 2.71. The van der Waals surface area contributed by atoms with Crippen molar-refractivity contribution in [3.05, 3.63) is 57.9 Å². The maximum absolute atomic E-state index is 12.6. The highest BCUT2D eigenvalue weighted by Gasteiger charge is 2.45. The van der Waals surface area contributed by atoms with Crippen LogP contribution >= 0.6 is 22.9 Å². The molecule has 1 aliphatic rings. The summed E-state index contributed by atoms with van der Waals surface area (Å²) in [5.41, 5.74) is -2.20. The quantitative estimate of drug-likeness (QED) is 0.517. The molecule has 3 aromatic rings. The van der Waals surface area contributed by atoms with E-state index in [2.05, 4.69) is 4.98 Å². The van der Waals surface area contributed by atoms with Gasteiger partial charge in [0.25, 0.3) is 9.84 Å². The number of fused-ring (bicyclic) bond motifs is 1. The molecular formula is C19H13ClF3NO3S2. The minimum absolute atomic E-state index is 0.0369. The van der Waals surface area contributed by atoms with Gasteiger partial charge in [-0.15, -0.1) is 11.3 Å². The molecule has 2 aromatic carbocycles. The van der Waals surface area contributed by atoms with Gasteiger partial charge in [0.05, 0.1) is 23.1 Å². The Morgan fingerprint density at radius 1 is 1.17 bits per heavy atom.